The van der Waals surface area contributed by atoms with Crippen molar-refractivity contribution >= 4 is 0 Å². The van der Waals surface area contributed by atoms with Crippen molar-refractivity contribution in [3.63, 3.8) is 0 Å². The molecule has 1 aromatic carbocycles. The largest absolute Gasteiger partial charge is 0.496 e. The summed E-state index contributed by atoms with van der Waals surface area (Å²) >= 11 is 0. The molecule has 0 aromatic heterocycles. The molecule has 1 heterocycles. The van der Waals surface area contributed by atoms with Crippen LogP contribution in [-0.4, -0.2) is 43.9 Å². The fraction of sp³-hybridized carbons (Fsp3) is 0.647. The molecule has 0 amide bonds. The Morgan fingerprint density at radius 1 is 1.29 bits per heavy atom. The summed E-state index contributed by atoms with van der Waals surface area (Å²) in [5.41, 5.74) is 7.39. The molecule has 21 heavy (non-hydrogen) atoms. The molecule has 2 N–H and O–H groups in total. The molecule has 1 fully saturated rings. The summed E-state index contributed by atoms with van der Waals surface area (Å²) in [7, 11) is 3.51. The Labute approximate surface area is 128 Å². The van der Waals surface area contributed by atoms with Crippen molar-refractivity contribution in [2.24, 2.45) is 5.73 Å². The van der Waals surface area contributed by atoms with E-state index in [4.69, 9.17) is 15.2 Å². The zero-order valence-corrected chi connectivity index (χ0v) is 13.6. The monoisotopic (exact) mass is 292 g/mol. The van der Waals surface area contributed by atoms with Crippen LogP contribution in [0, 0.1) is 0 Å². The number of ether oxygens (including phenoxy) is 2. The molecule has 2 rings (SSSR count). The van der Waals surface area contributed by atoms with Gasteiger partial charge in [0.05, 0.1) is 18.8 Å². The molecule has 0 saturated carbocycles. The van der Waals surface area contributed by atoms with Crippen molar-refractivity contribution in [1.82, 2.24) is 4.90 Å². The van der Waals surface area contributed by atoms with E-state index in [1.54, 1.807) is 14.2 Å². The Kier molecular flexibility index (Phi) is 5.25. The summed E-state index contributed by atoms with van der Waals surface area (Å²) in [5, 5.41) is 0. The van der Waals surface area contributed by atoms with E-state index in [0.717, 1.165) is 37.2 Å². The van der Waals surface area contributed by atoms with Gasteiger partial charge in [0.25, 0.3) is 0 Å². The van der Waals surface area contributed by atoms with Crippen LogP contribution in [-0.2, 0) is 4.74 Å². The number of likely N-dealkylation sites (tertiary alicyclic amines) is 1. The summed E-state index contributed by atoms with van der Waals surface area (Å²) in [5.74, 6) is 0.907. The molecule has 1 aliphatic rings. The first kappa shape index (κ1) is 16.3. The van der Waals surface area contributed by atoms with E-state index < -0.39 is 0 Å². The van der Waals surface area contributed by atoms with Crippen LogP contribution in [0.4, 0.5) is 0 Å². The summed E-state index contributed by atoms with van der Waals surface area (Å²) in [6.45, 7) is 6.19. The summed E-state index contributed by atoms with van der Waals surface area (Å²) < 4.78 is 11.2. The molecule has 118 valence electrons. The van der Waals surface area contributed by atoms with Gasteiger partial charge in [-0.15, -0.1) is 0 Å². The normalized spacial score (nSPS) is 26.3. The van der Waals surface area contributed by atoms with Crippen LogP contribution >= 0.6 is 0 Å². The number of nitrogens with zero attached hydrogens (tertiary/aromatic N) is 1. The van der Waals surface area contributed by atoms with Crippen molar-refractivity contribution in [1.29, 1.82) is 0 Å². The van der Waals surface area contributed by atoms with E-state index >= 15 is 0 Å². The van der Waals surface area contributed by atoms with Crippen LogP contribution in [0.1, 0.15) is 38.3 Å². The third kappa shape index (κ3) is 3.57. The molecule has 3 atom stereocenters. The van der Waals surface area contributed by atoms with E-state index in [2.05, 4.69) is 24.8 Å². The standard InChI is InChI=1S/C17H28N2O2/c1-13(18)16(14-8-5-6-9-15(14)20-3)19-11-7-10-17(2,12-19)21-4/h5-6,8-9,13,16H,7,10-12,18H2,1-4H3. The van der Waals surface area contributed by atoms with Crippen molar-refractivity contribution in [2.45, 2.75) is 44.4 Å². The van der Waals surface area contributed by atoms with Crippen LogP contribution in [0.5, 0.6) is 5.75 Å². The number of rotatable bonds is 5. The third-order valence-corrected chi connectivity index (χ3v) is 4.53. The van der Waals surface area contributed by atoms with E-state index in [0.29, 0.717) is 0 Å². The Morgan fingerprint density at radius 3 is 2.62 bits per heavy atom. The van der Waals surface area contributed by atoms with E-state index in [1.165, 1.54) is 0 Å². The smallest absolute Gasteiger partial charge is 0.123 e. The number of hydrogen-bond acceptors (Lipinski definition) is 4. The SMILES string of the molecule is COc1ccccc1C(C(C)N)N1CCCC(C)(OC)C1. The van der Waals surface area contributed by atoms with Gasteiger partial charge in [-0.3, -0.25) is 4.90 Å². The molecule has 0 aliphatic carbocycles. The van der Waals surface area contributed by atoms with Gasteiger partial charge in [0.15, 0.2) is 0 Å². The van der Waals surface area contributed by atoms with Gasteiger partial charge in [0.1, 0.15) is 5.75 Å². The van der Waals surface area contributed by atoms with Crippen LogP contribution in [0.2, 0.25) is 0 Å². The topological polar surface area (TPSA) is 47.7 Å². The number of nitrogens with two attached hydrogens (primary N) is 1. The van der Waals surface area contributed by atoms with E-state index in [1.807, 2.05) is 18.2 Å². The van der Waals surface area contributed by atoms with Crippen molar-refractivity contribution in [2.75, 3.05) is 27.3 Å². The van der Waals surface area contributed by atoms with E-state index in [9.17, 15) is 0 Å². The molecule has 0 bridgehead atoms. The highest BCUT2D eigenvalue weighted by molar-refractivity contribution is 5.36. The third-order valence-electron chi connectivity index (χ3n) is 4.53. The van der Waals surface area contributed by atoms with Crippen LogP contribution in [0.3, 0.4) is 0 Å². The summed E-state index contributed by atoms with van der Waals surface area (Å²) in [4.78, 5) is 2.44. The number of piperidine rings is 1. The van der Waals surface area contributed by atoms with Crippen LogP contribution in [0.25, 0.3) is 0 Å². The molecule has 0 spiro atoms. The van der Waals surface area contributed by atoms with Crippen molar-refractivity contribution in [3.05, 3.63) is 29.8 Å². The molecule has 4 nitrogen and oxygen atoms in total. The predicted octanol–water partition coefficient (Wildman–Crippen LogP) is 2.58. The van der Waals surface area contributed by atoms with Crippen molar-refractivity contribution in [3.8, 4) is 5.75 Å². The minimum absolute atomic E-state index is 0.0282. The number of hydrogen-bond donors (Lipinski definition) is 1. The molecule has 1 aromatic rings. The fourth-order valence-electron chi connectivity index (χ4n) is 3.37. The Hall–Kier alpha value is -1.10. The zero-order valence-electron chi connectivity index (χ0n) is 13.6. The average Bonchev–Trinajstić information content (AvgIpc) is 2.48. The van der Waals surface area contributed by atoms with Gasteiger partial charge in [-0.2, -0.15) is 0 Å². The maximum atomic E-state index is 6.32. The first-order valence-electron chi connectivity index (χ1n) is 7.68. The first-order valence-corrected chi connectivity index (χ1v) is 7.68. The Morgan fingerprint density at radius 2 is 2.00 bits per heavy atom. The molecular weight excluding hydrogens is 264 g/mol. The highest BCUT2D eigenvalue weighted by Gasteiger charge is 2.36. The minimum atomic E-state index is -0.0899. The summed E-state index contributed by atoms with van der Waals surface area (Å²) in [6, 6.07) is 8.34. The molecule has 1 saturated heterocycles. The lowest BCUT2D eigenvalue weighted by Crippen LogP contribution is -2.51. The molecule has 4 heteroatoms. The number of para-hydroxylation sites is 1. The maximum Gasteiger partial charge on any atom is 0.123 e. The second kappa shape index (κ2) is 6.77. The van der Waals surface area contributed by atoms with Crippen LogP contribution in [0.15, 0.2) is 24.3 Å². The number of benzene rings is 1. The van der Waals surface area contributed by atoms with Gasteiger partial charge in [0.2, 0.25) is 0 Å². The molecule has 0 radical (unpaired) electrons. The quantitative estimate of drug-likeness (QED) is 0.906. The first-order chi connectivity index (χ1) is 10.0. The lowest BCUT2D eigenvalue weighted by Gasteiger charge is -2.44. The number of methoxy groups -OCH3 is 2. The van der Waals surface area contributed by atoms with E-state index in [-0.39, 0.29) is 17.7 Å². The second-order valence-electron chi connectivity index (χ2n) is 6.27. The van der Waals surface area contributed by atoms with Gasteiger partial charge in [-0.25, -0.2) is 0 Å². The predicted molar refractivity (Wildman–Crippen MR) is 85.6 cm³/mol. The van der Waals surface area contributed by atoms with Gasteiger partial charge < -0.3 is 15.2 Å². The highest BCUT2D eigenvalue weighted by Crippen LogP contribution is 2.35. The highest BCUT2D eigenvalue weighted by atomic mass is 16.5. The van der Waals surface area contributed by atoms with Crippen LogP contribution < -0.4 is 10.5 Å². The fourth-order valence-corrected chi connectivity index (χ4v) is 3.37. The Balaban J connectivity index is 2.31. The molecule has 1 aliphatic heterocycles. The van der Waals surface area contributed by atoms with Gasteiger partial charge >= 0.3 is 0 Å². The average molecular weight is 292 g/mol. The second-order valence-corrected chi connectivity index (χ2v) is 6.27. The van der Waals surface area contributed by atoms with Gasteiger partial charge in [0, 0.05) is 25.3 Å². The van der Waals surface area contributed by atoms with Gasteiger partial charge in [-0.05, 0) is 39.3 Å². The zero-order chi connectivity index (χ0) is 15.5. The lowest BCUT2D eigenvalue weighted by atomic mass is 9.90. The molecular formula is C17H28N2O2. The summed E-state index contributed by atoms with van der Waals surface area (Å²) in [6.07, 6.45) is 2.22. The lowest BCUT2D eigenvalue weighted by molar-refractivity contribution is -0.0639. The van der Waals surface area contributed by atoms with Gasteiger partial charge in [-0.1, -0.05) is 18.2 Å². The minimum Gasteiger partial charge on any atom is -0.496 e. The Bertz CT molecular complexity index is 464. The molecule has 3 unspecified atom stereocenters. The maximum absolute atomic E-state index is 6.32. The van der Waals surface area contributed by atoms with Crippen molar-refractivity contribution < 1.29 is 9.47 Å².